The van der Waals surface area contributed by atoms with Crippen LogP contribution in [-0.4, -0.2) is 34.7 Å². The van der Waals surface area contributed by atoms with E-state index in [9.17, 15) is 14.4 Å². The average Bonchev–Trinajstić information content (AvgIpc) is 2.78. The van der Waals surface area contributed by atoms with E-state index in [1.54, 1.807) is 12.1 Å². The first-order valence-corrected chi connectivity index (χ1v) is 11.7. The van der Waals surface area contributed by atoms with E-state index in [0.29, 0.717) is 42.2 Å². The van der Waals surface area contributed by atoms with Gasteiger partial charge < -0.3 is 19.8 Å². The Hall–Kier alpha value is -2.77. The van der Waals surface area contributed by atoms with Crippen molar-refractivity contribution in [1.29, 1.82) is 0 Å². The maximum Gasteiger partial charge on any atom is 0.328 e. The normalized spacial score (nSPS) is 19.5. The summed E-state index contributed by atoms with van der Waals surface area (Å²) in [5, 5.41) is 3.46. The Balaban J connectivity index is 1.78. The van der Waals surface area contributed by atoms with Crippen molar-refractivity contribution in [3.63, 3.8) is 0 Å². The molecule has 8 nitrogen and oxygen atoms in total. The van der Waals surface area contributed by atoms with Gasteiger partial charge in [-0.3, -0.25) is 14.2 Å². The van der Waals surface area contributed by atoms with E-state index in [4.69, 9.17) is 9.47 Å². The lowest BCUT2D eigenvalue weighted by atomic mass is 9.81. The summed E-state index contributed by atoms with van der Waals surface area (Å²) in [6.45, 7) is 9.03. The van der Waals surface area contributed by atoms with Crippen LogP contribution in [0.3, 0.4) is 0 Å². The van der Waals surface area contributed by atoms with Gasteiger partial charge in [0, 0.05) is 24.6 Å². The van der Waals surface area contributed by atoms with Crippen molar-refractivity contribution in [1.82, 2.24) is 14.9 Å². The Morgan fingerprint density at radius 1 is 1.09 bits per heavy atom. The Labute approximate surface area is 188 Å². The topological polar surface area (TPSA) is 102 Å². The predicted molar refractivity (Wildman–Crippen MR) is 125 cm³/mol. The highest BCUT2D eigenvalue weighted by Crippen LogP contribution is 2.31. The number of hydrogen-bond donors (Lipinski definition) is 2. The molecule has 0 aliphatic heterocycles. The highest BCUT2D eigenvalue weighted by atomic mass is 16.5. The molecule has 0 bridgehead atoms. The molecule has 1 aromatic heterocycles. The van der Waals surface area contributed by atoms with Crippen LogP contribution in [-0.2, 0) is 11.3 Å². The molecule has 3 rings (SSSR count). The molecule has 176 valence electrons. The molecule has 1 fully saturated rings. The van der Waals surface area contributed by atoms with Crippen molar-refractivity contribution in [3.05, 3.63) is 33.0 Å². The minimum absolute atomic E-state index is 0.0117. The molecule has 0 spiro atoms. The molecular weight excluding hydrogens is 410 g/mol. The number of rotatable bonds is 9. The molecule has 1 saturated carbocycles. The van der Waals surface area contributed by atoms with Gasteiger partial charge in [-0.2, -0.15) is 0 Å². The fourth-order valence-corrected chi connectivity index (χ4v) is 4.29. The molecule has 32 heavy (non-hydrogen) atoms. The van der Waals surface area contributed by atoms with Crippen molar-refractivity contribution < 1.29 is 14.3 Å². The lowest BCUT2D eigenvalue weighted by molar-refractivity contribution is -0.126. The molecule has 1 aliphatic rings. The summed E-state index contributed by atoms with van der Waals surface area (Å²) >= 11 is 0. The summed E-state index contributed by atoms with van der Waals surface area (Å²) in [6.07, 6.45) is 4.09. The van der Waals surface area contributed by atoms with Gasteiger partial charge in [0.1, 0.15) is 0 Å². The van der Waals surface area contributed by atoms with Crippen LogP contribution in [0.5, 0.6) is 11.5 Å². The van der Waals surface area contributed by atoms with E-state index in [1.165, 1.54) is 4.57 Å². The SMILES string of the molecule is CCOc1cc2[nH]c(=O)n(CC3CCC(C(=O)N[C@H](C)CC)CC3)c(=O)c2cc1OCC. The third-order valence-corrected chi connectivity index (χ3v) is 6.31. The Morgan fingerprint density at radius 2 is 1.72 bits per heavy atom. The number of nitrogens with one attached hydrogen (secondary N) is 2. The summed E-state index contributed by atoms with van der Waals surface area (Å²) < 4.78 is 12.5. The fourth-order valence-electron chi connectivity index (χ4n) is 4.29. The number of carbonyl (C=O) groups is 1. The number of hydrogen-bond acceptors (Lipinski definition) is 5. The number of fused-ring (bicyclic) bond motifs is 1. The first-order valence-electron chi connectivity index (χ1n) is 11.7. The first kappa shape index (κ1) is 23.9. The molecule has 1 aliphatic carbocycles. The summed E-state index contributed by atoms with van der Waals surface area (Å²) in [7, 11) is 0. The van der Waals surface area contributed by atoms with Gasteiger partial charge in [0.05, 0.1) is 24.1 Å². The number of benzene rings is 1. The van der Waals surface area contributed by atoms with Crippen molar-refractivity contribution in [2.24, 2.45) is 11.8 Å². The number of aromatic nitrogens is 2. The van der Waals surface area contributed by atoms with Crippen LogP contribution < -0.4 is 26.0 Å². The number of amides is 1. The number of aromatic amines is 1. The summed E-state index contributed by atoms with van der Waals surface area (Å²) in [5.74, 6) is 1.31. The molecule has 1 aromatic carbocycles. The zero-order valence-electron chi connectivity index (χ0n) is 19.5. The van der Waals surface area contributed by atoms with E-state index in [1.807, 2.05) is 20.8 Å². The zero-order valence-corrected chi connectivity index (χ0v) is 19.5. The molecule has 1 heterocycles. The number of H-pyrrole nitrogens is 1. The van der Waals surface area contributed by atoms with Crippen LogP contribution in [0.25, 0.3) is 10.9 Å². The van der Waals surface area contributed by atoms with Crippen LogP contribution in [0.4, 0.5) is 0 Å². The van der Waals surface area contributed by atoms with Gasteiger partial charge in [0.2, 0.25) is 5.91 Å². The predicted octanol–water partition coefficient (Wildman–Crippen LogP) is 3.21. The van der Waals surface area contributed by atoms with Gasteiger partial charge in [-0.05, 0) is 64.9 Å². The number of carbonyl (C=O) groups excluding carboxylic acids is 1. The van der Waals surface area contributed by atoms with E-state index in [0.717, 1.165) is 32.1 Å². The van der Waals surface area contributed by atoms with Crippen molar-refractivity contribution in [3.8, 4) is 11.5 Å². The lowest BCUT2D eigenvalue weighted by Crippen LogP contribution is -2.40. The molecule has 0 radical (unpaired) electrons. The molecule has 1 atom stereocenters. The zero-order chi connectivity index (χ0) is 23.3. The molecule has 1 amide bonds. The van der Waals surface area contributed by atoms with Gasteiger partial charge in [-0.25, -0.2) is 4.79 Å². The largest absolute Gasteiger partial charge is 0.490 e. The van der Waals surface area contributed by atoms with Gasteiger partial charge in [0.15, 0.2) is 11.5 Å². The standard InChI is InChI=1S/C24H35N3O5/c1-5-15(4)25-22(28)17-10-8-16(9-11-17)14-27-23(29)18-12-20(31-6-2)21(32-7-3)13-19(18)26-24(27)30/h12-13,15-17H,5-11,14H2,1-4H3,(H,25,28)(H,26,30)/t15-,16?,17?/m1/s1. The van der Waals surface area contributed by atoms with Crippen molar-refractivity contribution >= 4 is 16.8 Å². The quantitative estimate of drug-likeness (QED) is 0.617. The molecule has 2 N–H and O–H groups in total. The molecule has 8 heteroatoms. The summed E-state index contributed by atoms with van der Waals surface area (Å²) in [4.78, 5) is 41.1. The van der Waals surface area contributed by atoms with Crippen LogP contribution in [0, 0.1) is 11.8 Å². The van der Waals surface area contributed by atoms with E-state index in [-0.39, 0.29) is 29.3 Å². The fraction of sp³-hybridized carbons (Fsp3) is 0.625. The number of ether oxygens (including phenoxy) is 2. The second kappa shape index (κ2) is 10.7. The van der Waals surface area contributed by atoms with E-state index in [2.05, 4.69) is 17.2 Å². The maximum absolute atomic E-state index is 13.2. The highest BCUT2D eigenvalue weighted by Gasteiger charge is 2.27. The van der Waals surface area contributed by atoms with E-state index < -0.39 is 5.69 Å². The molecule has 0 unspecified atom stereocenters. The summed E-state index contributed by atoms with van der Waals surface area (Å²) in [6, 6.07) is 3.48. The number of nitrogens with zero attached hydrogens (tertiary/aromatic N) is 1. The Bertz CT molecular complexity index is 1050. The highest BCUT2D eigenvalue weighted by molar-refractivity contribution is 5.81. The van der Waals surface area contributed by atoms with Crippen LogP contribution in [0.1, 0.15) is 59.8 Å². The average molecular weight is 446 g/mol. The summed E-state index contributed by atoms with van der Waals surface area (Å²) in [5.41, 5.74) is -0.316. The Kier molecular flexibility index (Phi) is 7.99. The lowest BCUT2D eigenvalue weighted by Gasteiger charge is -2.28. The van der Waals surface area contributed by atoms with Gasteiger partial charge in [0.25, 0.3) is 5.56 Å². The van der Waals surface area contributed by atoms with Crippen LogP contribution in [0.15, 0.2) is 21.7 Å². The van der Waals surface area contributed by atoms with E-state index >= 15 is 0 Å². The first-order chi connectivity index (χ1) is 15.4. The third-order valence-electron chi connectivity index (χ3n) is 6.31. The minimum atomic E-state index is -0.425. The van der Waals surface area contributed by atoms with Crippen molar-refractivity contribution in [2.45, 2.75) is 72.4 Å². The second-order valence-electron chi connectivity index (χ2n) is 8.59. The second-order valence-corrected chi connectivity index (χ2v) is 8.59. The van der Waals surface area contributed by atoms with Gasteiger partial charge >= 0.3 is 5.69 Å². The molecule has 0 saturated heterocycles. The van der Waals surface area contributed by atoms with Crippen LogP contribution in [0.2, 0.25) is 0 Å². The van der Waals surface area contributed by atoms with Gasteiger partial charge in [-0.15, -0.1) is 0 Å². The van der Waals surface area contributed by atoms with Gasteiger partial charge in [-0.1, -0.05) is 6.92 Å². The monoisotopic (exact) mass is 445 g/mol. The molecular formula is C24H35N3O5. The molecule has 2 aromatic rings. The maximum atomic E-state index is 13.2. The van der Waals surface area contributed by atoms with Crippen molar-refractivity contribution in [2.75, 3.05) is 13.2 Å². The third kappa shape index (κ3) is 5.34. The minimum Gasteiger partial charge on any atom is -0.490 e. The smallest absolute Gasteiger partial charge is 0.328 e. The Morgan fingerprint density at radius 3 is 2.31 bits per heavy atom. The van der Waals surface area contributed by atoms with Crippen LogP contribution >= 0.6 is 0 Å².